The highest BCUT2D eigenvalue weighted by Crippen LogP contribution is 2.48. The standard InChI is InChI=1S/C23H27ClFN5O3/c1-3-29(21(32)19-18(20(26)31)27-12-28-19)14-4-6-23(7-5-14)8-9-30(22(23)33)17-10-13(2)16(25)11-15(17)24/h10-12,14H,3-9H2,1-2H3,(H2,26,31)(H,27,28)/t14-,23-. The molecule has 3 amide bonds. The first-order valence-corrected chi connectivity index (χ1v) is 11.5. The number of hydrogen-bond acceptors (Lipinski definition) is 4. The molecule has 1 aliphatic heterocycles. The number of anilines is 1. The largest absolute Gasteiger partial charge is 0.364 e. The summed E-state index contributed by atoms with van der Waals surface area (Å²) in [7, 11) is 0. The molecule has 3 N–H and O–H groups in total. The molecule has 1 saturated heterocycles. The van der Waals surface area contributed by atoms with Crippen molar-refractivity contribution in [1.29, 1.82) is 0 Å². The number of aryl methyl sites for hydroxylation is 1. The van der Waals surface area contributed by atoms with E-state index in [0.717, 1.165) is 0 Å². The van der Waals surface area contributed by atoms with Gasteiger partial charge in [0.1, 0.15) is 11.5 Å². The number of nitrogens with zero attached hydrogens (tertiary/aromatic N) is 3. The Balaban J connectivity index is 1.48. The van der Waals surface area contributed by atoms with Crippen LogP contribution in [0.2, 0.25) is 5.02 Å². The second-order valence-electron chi connectivity index (χ2n) is 8.85. The van der Waals surface area contributed by atoms with Gasteiger partial charge >= 0.3 is 0 Å². The molecule has 33 heavy (non-hydrogen) atoms. The predicted octanol–water partition coefficient (Wildman–Crippen LogP) is 3.44. The third kappa shape index (κ3) is 3.99. The number of H-pyrrole nitrogens is 1. The molecular weight excluding hydrogens is 449 g/mol. The first kappa shape index (κ1) is 23.2. The second kappa shape index (κ2) is 8.78. The van der Waals surface area contributed by atoms with Gasteiger partial charge in [-0.3, -0.25) is 14.4 Å². The first-order valence-electron chi connectivity index (χ1n) is 11.1. The van der Waals surface area contributed by atoms with E-state index < -0.39 is 17.1 Å². The molecule has 1 saturated carbocycles. The molecule has 1 spiro atoms. The molecule has 2 aromatic rings. The number of carbonyl (C=O) groups is 3. The zero-order valence-electron chi connectivity index (χ0n) is 18.7. The van der Waals surface area contributed by atoms with E-state index in [2.05, 4.69) is 9.97 Å². The monoisotopic (exact) mass is 475 g/mol. The van der Waals surface area contributed by atoms with Crippen molar-refractivity contribution in [3.05, 3.63) is 46.3 Å². The number of aromatic nitrogens is 2. The van der Waals surface area contributed by atoms with Gasteiger partial charge in [-0.2, -0.15) is 0 Å². The summed E-state index contributed by atoms with van der Waals surface area (Å²) in [5.74, 6) is -1.47. The number of amides is 3. The highest BCUT2D eigenvalue weighted by Gasteiger charge is 2.50. The molecule has 1 aromatic carbocycles. The maximum atomic E-state index is 13.8. The van der Waals surface area contributed by atoms with E-state index in [9.17, 15) is 18.8 Å². The molecule has 0 atom stereocenters. The van der Waals surface area contributed by atoms with Crippen molar-refractivity contribution < 1.29 is 18.8 Å². The molecule has 1 aliphatic carbocycles. The van der Waals surface area contributed by atoms with Gasteiger partial charge in [-0.25, -0.2) is 9.37 Å². The summed E-state index contributed by atoms with van der Waals surface area (Å²) in [4.78, 5) is 48.1. The quantitative estimate of drug-likeness (QED) is 0.689. The van der Waals surface area contributed by atoms with Crippen molar-refractivity contribution in [3.63, 3.8) is 0 Å². The van der Waals surface area contributed by atoms with Crippen molar-refractivity contribution >= 4 is 35.0 Å². The Morgan fingerprint density at radius 2 is 2.03 bits per heavy atom. The predicted molar refractivity (Wildman–Crippen MR) is 122 cm³/mol. The van der Waals surface area contributed by atoms with Crippen LogP contribution in [0.1, 0.15) is 65.6 Å². The lowest BCUT2D eigenvalue weighted by Crippen LogP contribution is -2.46. The average Bonchev–Trinajstić information content (AvgIpc) is 3.39. The molecular formula is C23H27ClFN5O3. The van der Waals surface area contributed by atoms with Crippen LogP contribution in [0, 0.1) is 18.2 Å². The van der Waals surface area contributed by atoms with E-state index in [1.165, 1.54) is 12.4 Å². The summed E-state index contributed by atoms with van der Waals surface area (Å²) in [6.45, 7) is 4.50. The molecule has 2 heterocycles. The summed E-state index contributed by atoms with van der Waals surface area (Å²) >= 11 is 6.26. The fourth-order valence-corrected chi connectivity index (χ4v) is 5.43. The summed E-state index contributed by atoms with van der Waals surface area (Å²) < 4.78 is 13.8. The molecule has 0 bridgehead atoms. The van der Waals surface area contributed by atoms with Crippen LogP contribution in [0.5, 0.6) is 0 Å². The van der Waals surface area contributed by atoms with Gasteiger partial charge < -0.3 is 20.5 Å². The summed E-state index contributed by atoms with van der Waals surface area (Å²) in [6.07, 6.45) is 4.56. The lowest BCUT2D eigenvalue weighted by Gasteiger charge is -2.40. The van der Waals surface area contributed by atoms with Gasteiger partial charge in [-0.15, -0.1) is 0 Å². The van der Waals surface area contributed by atoms with E-state index in [1.54, 1.807) is 22.8 Å². The van der Waals surface area contributed by atoms with Crippen LogP contribution in [0.15, 0.2) is 18.5 Å². The fourth-order valence-electron chi connectivity index (χ4n) is 5.18. The molecule has 2 aliphatic rings. The van der Waals surface area contributed by atoms with E-state index in [-0.39, 0.29) is 34.3 Å². The zero-order valence-corrected chi connectivity index (χ0v) is 19.4. The van der Waals surface area contributed by atoms with Crippen molar-refractivity contribution in [1.82, 2.24) is 14.9 Å². The number of imidazole rings is 1. The molecule has 2 fully saturated rings. The number of halogens is 2. The minimum atomic E-state index is -0.735. The van der Waals surface area contributed by atoms with Crippen LogP contribution in [0.3, 0.4) is 0 Å². The third-order valence-electron chi connectivity index (χ3n) is 7.07. The molecule has 0 radical (unpaired) electrons. The molecule has 1 aromatic heterocycles. The van der Waals surface area contributed by atoms with Crippen LogP contribution in [0.25, 0.3) is 0 Å². The van der Waals surface area contributed by atoms with Crippen LogP contribution < -0.4 is 10.6 Å². The maximum absolute atomic E-state index is 13.8. The summed E-state index contributed by atoms with van der Waals surface area (Å²) in [5, 5.41) is 0.226. The zero-order chi connectivity index (χ0) is 23.9. The second-order valence-corrected chi connectivity index (χ2v) is 9.26. The van der Waals surface area contributed by atoms with Crippen molar-refractivity contribution in [2.24, 2.45) is 11.1 Å². The van der Waals surface area contributed by atoms with Gasteiger partial charge in [-0.05, 0) is 63.6 Å². The van der Waals surface area contributed by atoms with Crippen LogP contribution in [-0.4, -0.2) is 51.7 Å². The molecule has 10 heteroatoms. The van der Waals surface area contributed by atoms with E-state index in [4.69, 9.17) is 17.3 Å². The number of rotatable bonds is 5. The number of carbonyl (C=O) groups excluding carboxylic acids is 3. The van der Waals surface area contributed by atoms with Gasteiger partial charge in [0.15, 0.2) is 5.69 Å². The Morgan fingerprint density at radius 3 is 2.67 bits per heavy atom. The molecule has 8 nitrogen and oxygen atoms in total. The van der Waals surface area contributed by atoms with Gasteiger partial charge in [-0.1, -0.05) is 11.6 Å². The Hall–Kier alpha value is -2.94. The highest BCUT2D eigenvalue weighted by atomic mass is 35.5. The number of aromatic amines is 1. The minimum Gasteiger partial charge on any atom is -0.364 e. The van der Waals surface area contributed by atoms with Gasteiger partial charge in [0.2, 0.25) is 5.91 Å². The van der Waals surface area contributed by atoms with Gasteiger partial charge in [0, 0.05) is 19.1 Å². The normalized spacial score (nSPS) is 22.7. The molecule has 4 rings (SSSR count). The number of hydrogen-bond donors (Lipinski definition) is 2. The van der Waals surface area contributed by atoms with Gasteiger partial charge in [0.05, 0.1) is 22.5 Å². The molecule has 0 unspecified atom stereocenters. The Morgan fingerprint density at radius 1 is 1.33 bits per heavy atom. The van der Waals surface area contributed by atoms with E-state index in [1.807, 2.05) is 6.92 Å². The number of primary amides is 1. The maximum Gasteiger partial charge on any atom is 0.275 e. The van der Waals surface area contributed by atoms with E-state index in [0.29, 0.717) is 56.4 Å². The fraction of sp³-hybridized carbons (Fsp3) is 0.478. The van der Waals surface area contributed by atoms with E-state index >= 15 is 0 Å². The minimum absolute atomic E-state index is 0.00110. The highest BCUT2D eigenvalue weighted by molar-refractivity contribution is 6.34. The lowest BCUT2D eigenvalue weighted by molar-refractivity contribution is -0.127. The lowest BCUT2D eigenvalue weighted by atomic mass is 9.71. The van der Waals surface area contributed by atoms with Gasteiger partial charge in [0.25, 0.3) is 11.8 Å². The third-order valence-corrected chi connectivity index (χ3v) is 7.38. The van der Waals surface area contributed by atoms with Crippen LogP contribution >= 0.6 is 11.6 Å². The number of nitrogens with two attached hydrogens (primary N) is 1. The topological polar surface area (TPSA) is 112 Å². The Kier molecular flexibility index (Phi) is 6.18. The average molecular weight is 476 g/mol. The SMILES string of the molecule is CCN(C(=O)c1nc[nH]c1C(N)=O)[C@H]1CC[C@@]2(CCN(c3cc(C)c(F)cc3Cl)C2=O)CC1. The Bertz CT molecular complexity index is 1110. The number of benzene rings is 1. The number of nitrogens with one attached hydrogen (secondary N) is 1. The van der Waals surface area contributed by atoms with Crippen molar-refractivity contribution in [3.8, 4) is 0 Å². The summed E-state index contributed by atoms with van der Waals surface area (Å²) in [5.41, 5.74) is 5.85. The van der Waals surface area contributed by atoms with Crippen LogP contribution in [-0.2, 0) is 4.79 Å². The Labute approximate surface area is 196 Å². The first-order chi connectivity index (χ1) is 15.7. The van der Waals surface area contributed by atoms with Crippen molar-refractivity contribution in [2.45, 2.75) is 52.0 Å². The smallest absolute Gasteiger partial charge is 0.275 e. The van der Waals surface area contributed by atoms with Crippen LogP contribution in [0.4, 0.5) is 10.1 Å². The summed E-state index contributed by atoms with van der Waals surface area (Å²) in [6, 6.07) is 2.81. The molecule has 176 valence electrons. The van der Waals surface area contributed by atoms with Crippen molar-refractivity contribution in [2.75, 3.05) is 18.0 Å².